The van der Waals surface area contributed by atoms with E-state index in [4.69, 9.17) is 0 Å². The Kier molecular flexibility index (Phi) is 5.08. The molecule has 1 fully saturated rings. The van der Waals surface area contributed by atoms with Gasteiger partial charge in [0.1, 0.15) is 5.82 Å². The van der Waals surface area contributed by atoms with E-state index in [2.05, 4.69) is 33.2 Å². The van der Waals surface area contributed by atoms with Crippen LogP contribution in [0.5, 0.6) is 0 Å². The lowest BCUT2D eigenvalue weighted by Crippen LogP contribution is -2.27. The second-order valence-corrected chi connectivity index (χ2v) is 5.96. The highest BCUT2D eigenvalue weighted by Gasteiger charge is 2.17. The predicted molar refractivity (Wildman–Crippen MR) is 90.6 cm³/mol. The minimum absolute atomic E-state index is 0.00373. The van der Waals surface area contributed by atoms with Gasteiger partial charge in [-0.1, -0.05) is 19.1 Å². The molecule has 0 saturated carbocycles. The highest BCUT2D eigenvalue weighted by molar-refractivity contribution is 5.94. The van der Waals surface area contributed by atoms with Crippen LogP contribution in [0.4, 0.5) is 0 Å². The molecule has 0 radical (unpaired) electrons. The molecule has 0 spiro atoms. The van der Waals surface area contributed by atoms with Crippen molar-refractivity contribution < 1.29 is 4.79 Å². The maximum Gasteiger partial charge on any atom is 0.251 e. The molecule has 2 aromatic rings. The molecule has 1 saturated heterocycles. The van der Waals surface area contributed by atoms with Crippen molar-refractivity contribution in [2.45, 2.75) is 32.2 Å². The number of carbonyl (C=O) groups is 1. The van der Waals surface area contributed by atoms with Crippen LogP contribution in [0.2, 0.25) is 0 Å². The number of imidazole rings is 1. The topological polar surface area (TPSA) is 59.0 Å². The molecule has 1 amide bonds. The number of hydrogen-bond donors (Lipinski definition) is 2. The molecule has 1 atom stereocenters. The van der Waals surface area contributed by atoms with Crippen molar-refractivity contribution in [3.63, 3.8) is 0 Å². The van der Waals surface area contributed by atoms with Crippen molar-refractivity contribution in [2.75, 3.05) is 19.6 Å². The number of amides is 1. The summed E-state index contributed by atoms with van der Waals surface area (Å²) < 4.78 is 2.08. The predicted octanol–water partition coefficient (Wildman–Crippen LogP) is 1.95. The van der Waals surface area contributed by atoms with E-state index < -0.39 is 0 Å². The van der Waals surface area contributed by atoms with Crippen LogP contribution in [0.25, 0.3) is 0 Å². The summed E-state index contributed by atoms with van der Waals surface area (Å²) in [4.78, 5) is 16.6. The first-order valence-corrected chi connectivity index (χ1v) is 8.37. The number of nitrogens with one attached hydrogen (secondary N) is 2. The molecule has 1 aromatic carbocycles. The van der Waals surface area contributed by atoms with Crippen molar-refractivity contribution >= 4 is 5.91 Å². The Labute approximate surface area is 137 Å². The summed E-state index contributed by atoms with van der Waals surface area (Å²) in [5, 5.41) is 6.37. The van der Waals surface area contributed by atoms with E-state index in [0.29, 0.717) is 12.5 Å². The number of aryl methyl sites for hydroxylation is 1. The zero-order valence-electron chi connectivity index (χ0n) is 13.6. The lowest BCUT2D eigenvalue weighted by Gasteiger charge is -2.11. The molecule has 1 aromatic heterocycles. The summed E-state index contributed by atoms with van der Waals surface area (Å²) in [6, 6.07) is 8.01. The smallest absolute Gasteiger partial charge is 0.251 e. The van der Waals surface area contributed by atoms with E-state index in [1.165, 1.54) is 5.56 Å². The van der Waals surface area contributed by atoms with Gasteiger partial charge in [-0.15, -0.1) is 0 Å². The molecule has 5 nitrogen and oxygen atoms in total. The standard InChI is InChI=1S/C18H24N4O/c1-2-17-20-8-10-22(17)11-9-21-18(23)15-5-3-4-14(12-15)16-6-7-19-13-16/h3-5,8,10,12,16,19H,2,6-7,9,11,13H2,1H3,(H,21,23)/t16-/m0/s1. The first kappa shape index (κ1) is 15.7. The van der Waals surface area contributed by atoms with Gasteiger partial charge in [0.05, 0.1) is 0 Å². The molecule has 0 aliphatic carbocycles. The number of rotatable bonds is 6. The van der Waals surface area contributed by atoms with Crippen molar-refractivity contribution in [2.24, 2.45) is 0 Å². The van der Waals surface area contributed by atoms with Crippen molar-refractivity contribution in [3.8, 4) is 0 Å². The quantitative estimate of drug-likeness (QED) is 0.857. The van der Waals surface area contributed by atoms with Gasteiger partial charge in [-0.05, 0) is 36.6 Å². The second-order valence-electron chi connectivity index (χ2n) is 5.96. The number of hydrogen-bond acceptors (Lipinski definition) is 3. The summed E-state index contributed by atoms with van der Waals surface area (Å²) in [6.45, 7) is 5.51. The van der Waals surface area contributed by atoms with Crippen LogP contribution < -0.4 is 10.6 Å². The average Bonchev–Trinajstić information content (AvgIpc) is 3.26. The fourth-order valence-corrected chi connectivity index (χ4v) is 3.12. The summed E-state index contributed by atoms with van der Waals surface area (Å²) in [5.74, 6) is 1.58. The van der Waals surface area contributed by atoms with Gasteiger partial charge in [0, 0.05) is 44.0 Å². The third kappa shape index (κ3) is 3.79. The Morgan fingerprint density at radius 3 is 3.17 bits per heavy atom. The molecule has 122 valence electrons. The Morgan fingerprint density at radius 2 is 2.39 bits per heavy atom. The van der Waals surface area contributed by atoms with Gasteiger partial charge in [0.15, 0.2) is 0 Å². The van der Waals surface area contributed by atoms with Gasteiger partial charge in [-0.25, -0.2) is 4.98 Å². The number of carbonyl (C=O) groups excluding carboxylic acids is 1. The molecular weight excluding hydrogens is 288 g/mol. The minimum atomic E-state index is -0.00373. The molecule has 5 heteroatoms. The van der Waals surface area contributed by atoms with Gasteiger partial charge in [0.25, 0.3) is 5.91 Å². The number of nitrogens with zero attached hydrogens (tertiary/aromatic N) is 2. The lowest BCUT2D eigenvalue weighted by molar-refractivity contribution is 0.0952. The van der Waals surface area contributed by atoms with E-state index in [1.54, 1.807) is 6.20 Å². The molecule has 1 aliphatic rings. The Balaban J connectivity index is 1.56. The van der Waals surface area contributed by atoms with Crippen molar-refractivity contribution in [1.29, 1.82) is 0 Å². The van der Waals surface area contributed by atoms with Gasteiger partial charge in [-0.3, -0.25) is 4.79 Å². The number of benzene rings is 1. The molecular formula is C18H24N4O. The zero-order valence-corrected chi connectivity index (χ0v) is 13.6. The first-order valence-electron chi connectivity index (χ1n) is 8.37. The molecule has 2 heterocycles. The highest BCUT2D eigenvalue weighted by Crippen LogP contribution is 2.22. The first-order chi connectivity index (χ1) is 11.3. The van der Waals surface area contributed by atoms with E-state index in [0.717, 1.165) is 43.9 Å². The largest absolute Gasteiger partial charge is 0.350 e. The average molecular weight is 312 g/mol. The van der Waals surface area contributed by atoms with Gasteiger partial charge >= 0.3 is 0 Å². The fraction of sp³-hybridized carbons (Fsp3) is 0.444. The van der Waals surface area contributed by atoms with Crippen LogP contribution in [0.1, 0.15) is 41.0 Å². The van der Waals surface area contributed by atoms with Crippen LogP contribution in [-0.2, 0) is 13.0 Å². The van der Waals surface area contributed by atoms with Gasteiger partial charge in [0.2, 0.25) is 0 Å². The van der Waals surface area contributed by atoms with Crippen LogP contribution in [0.15, 0.2) is 36.7 Å². The maximum absolute atomic E-state index is 12.3. The van der Waals surface area contributed by atoms with Crippen LogP contribution in [0.3, 0.4) is 0 Å². The Bertz CT molecular complexity index is 659. The van der Waals surface area contributed by atoms with E-state index in [-0.39, 0.29) is 5.91 Å². The fourth-order valence-electron chi connectivity index (χ4n) is 3.12. The number of aromatic nitrogens is 2. The summed E-state index contributed by atoms with van der Waals surface area (Å²) in [7, 11) is 0. The maximum atomic E-state index is 12.3. The zero-order chi connectivity index (χ0) is 16.1. The Morgan fingerprint density at radius 1 is 1.48 bits per heavy atom. The second kappa shape index (κ2) is 7.42. The van der Waals surface area contributed by atoms with Gasteiger partial charge in [-0.2, -0.15) is 0 Å². The van der Waals surface area contributed by atoms with Crippen LogP contribution in [0, 0.1) is 0 Å². The van der Waals surface area contributed by atoms with E-state index in [9.17, 15) is 4.79 Å². The van der Waals surface area contributed by atoms with Crippen molar-refractivity contribution in [1.82, 2.24) is 20.2 Å². The summed E-state index contributed by atoms with van der Waals surface area (Å²) >= 11 is 0. The van der Waals surface area contributed by atoms with Gasteiger partial charge < -0.3 is 15.2 Å². The monoisotopic (exact) mass is 312 g/mol. The van der Waals surface area contributed by atoms with E-state index in [1.807, 2.05) is 24.4 Å². The van der Waals surface area contributed by atoms with E-state index >= 15 is 0 Å². The summed E-state index contributed by atoms with van der Waals surface area (Å²) in [6.07, 6.45) is 5.81. The molecule has 1 aliphatic heterocycles. The Hall–Kier alpha value is -2.14. The van der Waals surface area contributed by atoms with Crippen LogP contribution in [-0.4, -0.2) is 35.1 Å². The van der Waals surface area contributed by atoms with Crippen LogP contribution >= 0.6 is 0 Å². The summed E-state index contributed by atoms with van der Waals surface area (Å²) in [5.41, 5.74) is 2.00. The molecule has 3 rings (SSSR count). The third-order valence-corrected chi connectivity index (χ3v) is 4.44. The normalized spacial score (nSPS) is 17.3. The third-order valence-electron chi connectivity index (χ3n) is 4.44. The molecule has 0 unspecified atom stereocenters. The minimum Gasteiger partial charge on any atom is -0.350 e. The highest BCUT2D eigenvalue weighted by atomic mass is 16.1. The molecule has 23 heavy (non-hydrogen) atoms. The molecule has 0 bridgehead atoms. The lowest BCUT2D eigenvalue weighted by atomic mass is 9.96. The SMILES string of the molecule is CCc1nccn1CCNC(=O)c1cccc([C@H]2CCNC2)c1. The molecule has 2 N–H and O–H groups in total. The van der Waals surface area contributed by atoms with Crippen molar-refractivity contribution in [3.05, 3.63) is 53.6 Å².